The van der Waals surface area contributed by atoms with E-state index in [2.05, 4.69) is 285 Å². The first kappa shape index (κ1) is 47.9. The maximum Gasteiger partial charge on any atom is 0.0641 e. The summed E-state index contributed by atoms with van der Waals surface area (Å²) in [5.74, 6) is 0. The molecule has 0 aliphatic rings. The molecule has 0 aliphatic heterocycles. The zero-order valence-corrected chi connectivity index (χ0v) is 47.0. The summed E-state index contributed by atoms with van der Waals surface area (Å²) in [5, 5.41) is 10.2. The summed E-state index contributed by atoms with van der Waals surface area (Å²) >= 11 is 0. The van der Waals surface area contributed by atoms with Gasteiger partial charge in [0.2, 0.25) is 0 Å². The predicted octanol–water partition coefficient (Wildman–Crippen LogP) is 20.7. The molecule has 0 aliphatic carbocycles. The van der Waals surface area contributed by atoms with Crippen molar-refractivity contribution in [2.45, 2.75) is 119 Å². The van der Waals surface area contributed by atoms with Crippen molar-refractivity contribution >= 4 is 110 Å². The van der Waals surface area contributed by atoms with Gasteiger partial charge in [-0.3, -0.25) is 0 Å². The summed E-state index contributed by atoms with van der Waals surface area (Å²) in [6.45, 7) is 32.2. The summed E-state index contributed by atoms with van der Waals surface area (Å²) < 4.78 is 5.19. The molecule has 0 amide bonds. The number of hydrogen-bond acceptors (Lipinski definition) is 2. The second-order valence-electron chi connectivity index (χ2n) is 26.2. The Morgan fingerprint density at radius 1 is 0.289 bits per heavy atom. The molecule has 4 heterocycles. The third kappa shape index (κ3) is 7.31. The maximum atomic E-state index is 2.60. The molecule has 0 saturated carbocycles. The normalized spacial score (nSPS) is 13.1. The van der Waals surface area contributed by atoms with E-state index in [0.717, 1.165) is 22.7 Å². The van der Waals surface area contributed by atoms with Crippen LogP contribution in [0.1, 0.15) is 116 Å². The number of rotatable bonds is 6. The van der Waals surface area contributed by atoms with Gasteiger partial charge in [0.15, 0.2) is 0 Å². The van der Waals surface area contributed by atoms with Gasteiger partial charge in [0.05, 0.1) is 44.5 Å². The van der Waals surface area contributed by atoms with Gasteiger partial charge < -0.3 is 18.6 Å². The van der Waals surface area contributed by atoms with E-state index < -0.39 is 0 Å². The second-order valence-corrected chi connectivity index (χ2v) is 26.2. The number of fused-ring (bicyclic) bond motifs is 12. The zero-order chi connectivity index (χ0) is 53.1. The summed E-state index contributed by atoms with van der Waals surface area (Å²) in [6, 6.07) is 65.7. The number of aryl methyl sites for hydroxylation is 2. The molecule has 13 rings (SSSR count). The SMILES string of the molecule is Cc1ccc(N(c2cccc(C(C)(C)C)c2)c2ccc3c4cc5c(cc4n4c6ccc(C(C)(C)C)cc6c2c34)c2ccc(N(c3ccc(C)cc3)c3cccc(C(C)(C)C)c3)c3c4cc(C(C)(C)C)ccc4n5c23)cc1. The average molecular weight is 991 g/mol. The fourth-order valence-electron chi connectivity index (χ4n) is 12.3. The van der Waals surface area contributed by atoms with Gasteiger partial charge in [0.1, 0.15) is 0 Å². The predicted molar refractivity (Wildman–Crippen MR) is 329 cm³/mol. The molecule has 0 radical (unpaired) electrons. The average Bonchev–Trinajstić information content (AvgIpc) is 4.32. The van der Waals surface area contributed by atoms with Crippen molar-refractivity contribution in [3.63, 3.8) is 0 Å². The molecule has 0 N–H and O–H groups in total. The van der Waals surface area contributed by atoms with Gasteiger partial charge in [-0.25, -0.2) is 0 Å². The van der Waals surface area contributed by atoms with Crippen LogP contribution >= 0.6 is 0 Å². The van der Waals surface area contributed by atoms with Crippen molar-refractivity contribution in [2.24, 2.45) is 0 Å². The van der Waals surface area contributed by atoms with E-state index in [1.807, 2.05) is 0 Å². The van der Waals surface area contributed by atoms with E-state index in [1.165, 1.54) is 121 Å². The molecule has 4 nitrogen and oxygen atoms in total. The van der Waals surface area contributed by atoms with Gasteiger partial charge in [-0.2, -0.15) is 0 Å². The van der Waals surface area contributed by atoms with Crippen molar-refractivity contribution in [2.75, 3.05) is 9.80 Å². The van der Waals surface area contributed by atoms with E-state index in [4.69, 9.17) is 0 Å². The first-order valence-corrected chi connectivity index (χ1v) is 27.4. The highest BCUT2D eigenvalue weighted by molar-refractivity contribution is 6.32. The Bertz CT molecular complexity index is 4150. The first-order valence-electron chi connectivity index (χ1n) is 27.4. The van der Waals surface area contributed by atoms with E-state index in [0.29, 0.717) is 0 Å². The molecule has 13 aromatic rings. The summed E-state index contributed by atoms with van der Waals surface area (Å²) in [7, 11) is 0. The van der Waals surface area contributed by atoms with Crippen LogP contribution in [0.2, 0.25) is 0 Å². The minimum Gasteiger partial charge on any atom is -0.310 e. The highest BCUT2D eigenvalue weighted by atomic mass is 15.2. The molecule has 0 atom stereocenters. The molecule has 0 spiro atoms. The molecule has 4 aromatic heterocycles. The second kappa shape index (κ2) is 16.3. The Morgan fingerprint density at radius 3 is 1.00 bits per heavy atom. The Hall–Kier alpha value is -7.82. The molecule has 0 bridgehead atoms. The van der Waals surface area contributed by atoms with Gasteiger partial charge in [-0.1, -0.05) is 167 Å². The van der Waals surface area contributed by atoms with E-state index in [-0.39, 0.29) is 21.7 Å². The Kier molecular flexibility index (Phi) is 10.3. The minimum atomic E-state index is -0.0350. The molecule has 0 fully saturated rings. The van der Waals surface area contributed by atoms with Crippen LogP contribution in [0.4, 0.5) is 34.1 Å². The molecule has 76 heavy (non-hydrogen) atoms. The standard InChI is InChI=1S/C72H70N4/c1-43-21-27-49(28-22-43)73(51-19-15-17-45(37-51)69(3,4)5)61-35-31-53-55-41-64-56(42-63(55)75-59-33-25-47(71(9,10)11)39-57(59)65(61)67(53)75)54-32-36-62(66-58-40-48(72(12,13)14)26-34-60(58)76(64)68(54)66)74(50-29-23-44(2)24-30-50)52-20-16-18-46(38-52)70(6,7)8/h15-42H,1-14H3. The van der Waals surface area contributed by atoms with Crippen molar-refractivity contribution in [1.29, 1.82) is 0 Å². The summed E-state index contributed by atoms with van der Waals surface area (Å²) in [5.41, 5.74) is 22.1. The van der Waals surface area contributed by atoms with E-state index >= 15 is 0 Å². The van der Waals surface area contributed by atoms with Crippen LogP contribution in [0, 0.1) is 13.8 Å². The van der Waals surface area contributed by atoms with Crippen LogP contribution in [0.25, 0.3) is 76.2 Å². The Morgan fingerprint density at radius 2 is 0.645 bits per heavy atom. The molecule has 0 unspecified atom stereocenters. The van der Waals surface area contributed by atoms with Crippen LogP contribution in [-0.4, -0.2) is 8.80 Å². The molecular weight excluding hydrogens is 921 g/mol. The highest BCUT2D eigenvalue weighted by Crippen LogP contribution is 2.52. The van der Waals surface area contributed by atoms with Crippen molar-refractivity contribution < 1.29 is 0 Å². The van der Waals surface area contributed by atoms with Gasteiger partial charge in [0, 0.05) is 65.8 Å². The largest absolute Gasteiger partial charge is 0.310 e. The number of hydrogen-bond donors (Lipinski definition) is 0. The smallest absolute Gasteiger partial charge is 0.0641 e. The monoisotopic (exact) mass is 991 g/mol. The quantitative estimate of drug-likeness (QED) is 0.165. The number of nitrogens with zero attached hydrogens (tertiary/aromatic N) is 4. The summed E-state index contributed by atoms with van der Waals surface area (Å²) in [4.78, 5) is 5.01. The molecule has 4 heteroatoms. The fraction of sp³-hybridized carbons (Fsp3) is 0.250. The maximum absolute atomic E-state index is 2.60. The summed E-state index contributed by atoms with van der Waals surface area (Å²) in [6.07, 6.45) is 0. The number of benzene rings is 9. The first-order chi connectivity index (χ1) is 36.0. The van der Waals surface area contributed by atoms with Crippen molar-refractivity contribution in [3.8, 4) is 0 Å². The van der Waals surface area contributed by atoms with Crippen LogP contribution in [0.15, 0.2) is 170 Å². The van der Waals surface area contributed by atoms with E-state index in [9.17, 15) is 0 Å². The third-order valence-electron chi connectivity index (χ3n) is 16.7. The van der Waals surface area contributed by atoms with Gasteiger partial charge >= 0.3 is 0 Å². The number of aromatic nitrogens is 2. The Balaban J connectivity index is 1.14. The van der Waals surface area contributed by atoms with Crippen LogP contribution < -0.4 is 9.80 Å². The van der Waals surface area contributed by atoms with Gasteiger partial charge in [-0.15, -0.1) is 0 Å². The Labute approximate surface area is 448 Å². The van der Waals surface area contributed by atoms with Gasteiger partial charge in [0.25, 0.3) is 0 Å². The third-order valence-corrected chi connectivity index (χ3v) is 16.7. The fourth-order valence-corrected chi connectivity index (χ4v) is 12.3. The van der Waals surface area contributed by atoms with Crippen LogP contribution in [0.3, 0.4) is 0 Å². The zero-order valence-electron chi connectivity index (χ0n) is 47.0. The highest BCUT2D eigenvalue weighted by Gasteiger charge is 2.30. The van der Waals surface area contributed by atoms with E-state index in [1.54, 1.807) is 0 Å². The lowest BCUT2D eigenvalue weighted by Crippen LogP contribution is -2.14. The topological polar surface area (TPSA) is 15.3 Å². The lowest BCUT2D eigenvalue weighted by atomic mass is 9.86. The lowest BCUT2D eigenvalue weighted by molar-refractivity contribution is 0.590. The van der Waals surface area contributed by atoms with Crippen molar-refractivity contribution in [3.05, 3.63) is 203 Å². The van der Waals surface area contributed by atoms with Gasteiger partial charge in [-0.05, 0) is 155 Å². The lowest BCUT2D eigenvalue weighted by Gasteiger charge is -2.29. The van der Waals surface area contributed by atoms with Crippen molar-refractivity contribution in [1.82, 2.24) is 8.80 Å². The molecule has 0 saturated heterocycles. The van der Waals surface area contributed by atoms with Crippen LogP contribution in [0.5, 0.6) is 0 Å². The number of anilines is 6. The molecular formula is C72H70N4. The minimum absolute atomic E-state index is 0.0130. The van der Waals surface area contributed by atoms with Crippen LogP contribution in [-0.2, 0) is 21.7 Å². The molecule has 378 valence electrons. The molecule has 9 aromatic carbocycles.